The summed E-state index contributed by atoms with van der Waals surface area (Å²) >= 11 is 1.11. The lowest BCUT2D eigenvalue weighted by Gasteiger charge is -2.05. The van der Waals surface area contributed by atoms with Gasteiger partial charge in [-0.25, -0.2) is 4.39 Å². The minimum atomic E-state index is -0.324. The Balaban J connectivity index is 2.27. The Labute approximate surface area is 119 Å². The highest BCUT2D eigenvalue weighted by Crippen LogP contribution is 2.35. The van der Waals surface area contributed by atoms with Crippen LogP contribution in [0.2, 0.25) is 0 Å². The Morgan fingerprint density at radius 1 is 1.50 bits per heavy atom. The highest BCUT2D eigenvalue weighted by molar-refractivity contribution is 7.18. The largest absolute Gasteiger partial charge is 0.396 e. The molecule has 0 amide bonds. The first-order valence-electron chi connectivity index (χ1n) is 5.85. The highest BCUT2D eigenvalue weighted by atomic mass is 32.1. The van der Waals surface area contributed by atoms with Crippen LogP contribution in [0.15, 0.2) is 24.3 Å². The van der Waals surface area contributed by atoms with Crippen LogP contribution in [0.4, 0.5) is 15.1 Å². The molecule has 0 aliphatic heterocycles. The van der Waals surface area contributed by atoms with Crippen LogP contribution in [0.3, 0.4) is 0 Å². The summed E-state index contributed by atoms with van der Waals surface area (Å²) in [7, 11) is 0. The van der Waals surface area contributed by atoms with Crippen LogP contribution < -0.4 is 11.1 Å². The minimum Gasteiger partial charge on any atom is -0.396 e. The molecule has 0 unspecified atom stereocenters. The van der Waals surface area contributed by atoms with E-state index in [2.05, 4.69) is 5.32 Å². The zero-order valence-electron chi connectivity index (χ0n) is 10.7. The monoisotopic (exact) mass is 289 g/mol. The van der Waals surface area contributed by atoms with Crippen LogP contribution in [0.1, 0.15) is 27.7 Å². The van der Waals surface area contributed by atoms with Gasteiger partial charge in [-0.3, -0.25) is 4.79 Å². The molecule has 2 aromatic rings. The summed E-state index contributed by atoms with van der Waals surface area (Å²) in [6, 6.07) is 8.32. The fourth-order valence-corrected chi connectivity index (χ4v) is 2.72. The Bertz CT molecular complexity index is 703. The average Bonchev–Trinajstić information content (AvgIpc) is 2.74. The van der Waals surface area contributed by atoms with Crippen molar-refractivity contribution in [2.45, 2.75) is 13.5 Å². The van der Waals surface area contributed by atoms with E-state index in [4.69, 9.17) is 11.0 Å². The maximum absolute atomic E-state index is 13.5. The Morgan fingerprint density at radius 2 is 2.20 bits per heavy atom. The van der Waals surface area contributed by atoms with E-state index in [0.717, 1.165) is 11.3 Å². The van der Waals surface area contributed by atoms with Gasteiger partial charge >= 0.3 is 0 Å². The van der Waals surface area contributed by atoms with Crippen molar-refractivity contribution in [3.63, 3.8) is 0 Å². The molecule has 4 nitrogen and oxygen atoms in total. The van der Waals surface area contributed by atoms with Crippen LogP contribution in [0.5, 0.6) is 0 Å². The van der Waals surface area contributed by atoms with E-state index in [1.807, 2.05) is 6.07 Å². The average molecular weight is 289 g/mol. The number of Topliss-reactive ketones (excluding diaryl/α,β-unsaturated/α-hetero) is 1. The number of benzene rings is 1. The maximum atomic E-state index is 13.5. The second-order valence-electron chi connectivity index (χ2n) is 4.16. The lowest BCUT2D eigenvalue weighted by Crippen LogP contribution is -2.01. The first-order valence-corrected chi connectivity index (χ1v) is 6.66. The van der Waals surface area contributed by atoms with Gasteiger partial charge in [0.05, 0.1) is 10.6 Å². The lowest BCUT2D eigenvalue weighted by atomic mass is 10.2. The molecule has 2 rings (SSSR count). The normalized spacial score (nSPS) is 10.1. The molecule has 1 aromatic heterocycles. The maximum Gasteiger partial charge on any atom is 0.171 e. The highest BCUT2D eigenvalue weighted by Gasteiger charge is 2.18. The molecule has 6 heteroatoms. The number of thiophene rings is 1. The standard InChI is InChI=1S/C14H12FN3OS/c1-8(19)13-12(17)10(6-16)14(20-13)18-7-9-4-2-3-5-11(9)15/h2-5,18H,7,17H2,1H3. The molecule has 102 valence electrons. The Hall–Kier alpha value is -2.39. The van der Waals surface area contributed by atoms with Gasteiger partial charge in [-0.05, 0) is 6.07 Å². The first-order chi connectivity index (χ1) is 9.54. The molecule has 3 N–H and O–H groups in total. The molecule has 0 spiro atoms. The van der Waals surface area contributed by atoms with Crippen molar-refractivity contribution in [3.05, 3.63) is 46.1 Å². The zero-order chi connectivity index (χ0) is 14.7. The summed E-state index contributed by atoms with van der Waals surface area (Å²) in [5.41, 5.74) is 6.66. The van der Waals surface area contributed by atoms with E-state index in [-0.39, 0.29) is 29.4 Å². The van der Waals surface area contributed by atoms with Crippen LogP contribution in [0, 0.1) is 17.1 Å². The number of nitrogens with two attached hydrogens (primary N) is 1. The van der Waals surface area contributed by atoms with Gasteiger partial charge in [0.25, 0.3) is 0 Å². The summed E-state index contributed by atoms with van der Waals surface area (Å²) in [6.07, 6.45) is 0. The van der Waals surface area contributed by atoms with Gasteiger partial charge in [-0.1, -0.05) is 18.2 Å². The molecule has 0 fully saturated rings. The van der Waals surface area contributed by atoms with Crippen molar-refractivity contribution < 1.29 is 9.18 Å². The fourth-order valence-electron chi connectivity index (χ4n) is 1.76. The fraction of sp³-hybridized carbons (Fsp3) is 0.143. The number of halogens is 1. The van der Waals surface area contributed by atoms with Crippen LogP contribution in [0.25, 0.3) is 0 Å². The van der Waals surface area contributed by atoms with Gasteiger partial charge < -0.3 is 11.1 Å². The zero-order valence-corrected chi connectivity index (χ0v) is 11.6. The van der Waals surface area contributed by atoms with E-state index in [0.29, 0.717) is 15.4 Å². The molecule has 0 aliphatic carbocycles. The number of nitrogens with zero attached hydrogens (tertiary/aromatic N) is 1. The third-order valence-electron chi connectivity index (χ3n) is 2.77. The number of carbonyl (C=O) groups excluding carboxylic acids is 1. The van der Waals surface area contributed by atoms with Crippen molar-refractivity contribution in [1.82, 2.24) is 0 Å². The Morgan fingerprint density at radius 3 is 2.80 bits per heavy atom. The van der Waals surface area contributed by atoms with Crippen molar-refractivity contribution in [2.24, 2.45) is 0 Å². The summed E-state index contributed by atoms with van der Waals surface area (Å²) in [5, 5.41) is 12.5. The molecule has 0 radical (unpaired) electrons. The van der Waals surface area contributed by atoms with Gasteiger partial charge in [0.2, 0.25) is 0 Å². The summed E-state index contributed by atoms with van der Waals surface area (Å²) in [5.74, 6) is -0.516. The van der Waals surface area contributed by atoms with E-state index in [1.54, 1.807) is 18.2 Å². The van der Waals surface area contributed by atoms with Gasteiger partial charge in [-0.15, -0.1) is 11.3 Å². The summed E-state index contributed by atoms with van der Waals surface area (Å²) in [6.45, 7) is 1.61. The molecule has 0 bridgehead atoms. The van der Waals surface area contributed by atoms with Gasteiger partial charge in [0.1, 0.15) is 22.5 Å². The number of carbonyl (C=O) groups is 1. The SMILES string of the molecule is CC(=O)c1sc(NCc2ccccc2F)c(C#N)c1N. The predicted octanol–water partition coefficient (Wildman–Crippen LogP) is 3.16. The van der Waals surface area contributed by atoms with E-state index < -0.39 is 0 Å². The van der Waals surface area contributed by atoms with E-state index in [9.17, 15) is 9.18 Å². The molecule has 1 aromatic carbocycles. The van der Waals surface area contributed by atoms with Crippen molar-refractivity contribution >= 4 is 27.8 Å². The third-order valence-corrected chi connectivity index (χ3v) is 4.04. The van der Waals surface area contributed by atoms with Crippen LogP contribution in [-0.4, -0.2) is 5.78 Å². The molecule has 0 saturated heterocycles. The number of nitriles is 1. The molecule has 0 aliphatic rings. The smallest absolute Gasteiger partial charge is 0.171 e. The van der Waals surface area contributed by atoms with Crippen LogP contribution in [-0.2, 0) is 6.54 Å². The lowest BCUT2D eigenvalue weighted by molar-refractivity contribution is 0.102. The number of nitrogen functional groups attached to an aromatic ring is 1. The Kier molecular flexibility index (Phi) is 4.01. The molecule has 20 heavy (non-hydrogen) atoms. The molecule has 1 heterocycles. The topological polar surface area (TPSA) is 78.9 Å². The molecule has 0 saturated carbocycles. The molecular formula is C14H12FN3OS. The molecular weight excluding hydrogens is 277 g/mol. The van der Waals surface area contributed by atoms with Crippen molar-refractivity contribution in [3.8, 4) is 6.07 Å². The second kappa shape index (κ2) is 5.72. The number of hydrogen-bond donors (Lipinski definition) is 2. The van der Waals surface area contributed by atoms with Crippen molar-refractivity contribution in [2.75, 3.05) is 11.1 Å². The summed E-state index contributed by atoms with van der Waals surface area (Å²) in [4.78, 5) is 11.8. The van der Waals surface area contributed by atoms with E-state index >= 15 is 0 Å². The number of anilines is 2. The minimum absolute atomic E-state index is 0.182. The third kappa shape index (κ3) is 2.63. The number of nitrogens with one attached hydrogen (secondary N) is 1. The number of ketones is 1. The quantitative estimate of drug-likeness (QED) is 0.847. The van der Waals surface area contributed by atoms with Crippen LogP contribution >= 0.6 is 11.3 Å². The molecule has 0 atom stereocenters. The predicted molar refractivity (Wildman–Crippen MR) is 77.2 cm³/mol. The second-order valence-corrected chi connectivity index (χ2v) is 5.18. The summed E-state index contributed by atoms with van der Waals surface area (Å²) < 4.78 is 13.5. The van der Waals surface area contributed by atoms with Gasteiger partial charge in [0, 0.05) is 19.0 Å². The van der Waals surface area contributed by atoms with Gasteiger partial charge in [-0.2, -0.15) is 5.26 Å². The number of rotatable bonds is 4. The van der Waals surface area contributed by atoms with Crippen molar-refractivity contribution in [1.29, 1.82) is 5.26 Å². The van der Waals surface area contributed by atoms with E-state index in [1.165, 1.54) is 13.0 Å². The number of hydrogen-bond acceptors (Lipinski definition) is 5. The first kappa shape index (κ1) is 14.0. The van der Waals surface area contributed by atoms with Gasteiger partial charge in [0.15, 0.2) is 5.78 Å².